The molecule has 0 amide bonds. The van der Waals surface area contributed by atoms with Crippen LogP contribution >= 0.6 is 11.3 Å². The van der Waals surface area contributed by atoms with E-state index in [4.69, 9.17) is 9.97 Å². The molecule has 0 aliphatic carbocycles. The molecule has 0 atom stereocenters. The van der Waals surface area contributed by atoms with E-state index in [0.717, 1.165) is 35.1 Å². The third-order valence-electron chi connectivity index (χ3n) is 4.43. The molecule has 0 saturated carbocycles. The van der Waals surface area contributed by atoms with E-state index in [0.29, 0.717) is 0 Å². The maximum atomic E-state index is 4.97. The van der Waals surface area contributed by atoms with Gasteiger partial charge >= 0.3 is 0 Å². The van der Waals surface area contributed by atoms with Gasteiger partial charge in [-0.05, 0) is 25.8 Å². The zero-order valence-corrected chi connectivity index (χ0v) is 14.3. The van der Waals surface area contributed by atoms with E-state index < -0.39 is 0 Å². The summed E-state index contributed by atoms with van der Waals surface area (Å²) in [6.45, 7) is 4.37. The number of aromatic nitrogens is 2. The SMILES string of the molecule is Cc1cc2c(N3CCCCCC3)nc(-c3ccccc3)nc2s1. The normalized spacial score (nSPS) is 15.8. The summed E-state index contributed by atoms with van der Waals surface area (Å²) in [4.78, 5) is 14.7. The molecule has 118 valence electrons. The van der Waals surface area contributed by atoms with Crippen molar-refractivity contribution in [2.45, 2.75) is 32.6 Å². The quantitative estimate of drug-likeness (QED) is 0.661. The average molecular weight is 323 g/mol. The zero-order valence-electron chi connectivity index (χ0n) is 13.5. The van der Waals surface area contributed by atoms with Gasteiger partial charge in [-0.1, -0.05) is 43.2 Å². The van der Waals surface area contributed by atoms with Gasteiger partial charge in [0.05, 0.1) is 5.39 Å². The fourth-order valence-corrected chi connectivity index (χ4v) is 4.14. The Morgan fingerprint density at radius 2 is 1.70 bits per heavy atom. The smallest absolute Gasteiger partial charge is 0.163 e. The molecular formula is C19H21N3S. The van der Waals surface area contributed by atoms with E-state index in [2.05, 4.69) is 30.0 Å². The average Bonchev–Trinajstić information content (AvgIpc) is 2.78. The van der Waals surface area contributed by atoms with E-state index in [1.54, 1.807) is 11.3 Å². The van der Waals surface area contributed by atoms with E-state index in [-0.39, 0.29) is 0 Å². The number of thiophene rings is 1. The highest BCUT2D eigenvalue weighted by molar-refractivity contribution is 7.18. The van der Waals surface area contributed by atoms with Crippen molar-refractivity contribution in [1.82, 2.24) is 9.97 Å². The first-order chi connectivity index (χ1) is 11.3. The first-order valence-electron chi connectivity index (χ1n) is 8.40. The highest BCUT2D eigenvalue weighted by atomic mass is 32.1. The van der Waals surface area contributed by atoms with Gasteiger partial charge in [0, 0.05) is 23.5 Å². The Morgan fingerprint density at radius 1 is 0.957 bits per heavy atom. The molecule has 3 aromatic rings. The summed E-state index contributed by atoms with van der Waals surface area (Å²) >= 11 is 1.77. The van der Waals surface area contributed by atoms with Crippen LogP contribution in [0, 0.1) is 6.92 Å². The van der Waals surface area contributed by atoms with Gasteiger partial charge in [0.1, 0.15) is 10.6 Å². The fourth-order valence-electron chi connectivity index (χ4n) is 3.27. The summed E-state index contributed by atoms with van der Waals surface area (Å²) < 4.78 is 0. The molecule has 1 saturated heterocycles. The van der Waals surface area contributed by atoms with Crippen LogP contribution in [0.4, 0.5) is 5.82 Å². The van der Waals surface area contributed by atoms with Crippen molar-refractivity contribution in [2.75, 3.05) is 18.0 Å². The summed E-state index contributed by atoms with van der Waals surface area (Å²) in [5.41, 5.74) is 1.09. The molecule has 3 heterocycles. The van der Waals surface area contributed by atoms with Gasteiger partial charge in [0.25, 0.3) is 0 Å². The lowest BCUT2D eigenvalue weighted by molar-refractivity contribution is 0.726. The number of aryl methyl sites for hydroxylation is 1. The van der Waals surface area contributed by atoms with Crippen molar-refractivity contribution in [3.05, 3.63) is 41.3 Å². The number of anilines is 1. The van der Waals surface area contributed by atoms with Gasteiger partial charge in [-0.2, -0.15) is 0 Å². The topological polar surface area (TPSA) is 29.0 Å². The molecule has 1 aliphatic heterocycles. The minimum atomic E-state index is 0.846. The Hall–Kier alpha value is -1.94. The molecule has 0 spiro atoms. The zero-order chi connectivity index (χ0) is 15.6. The summed E-state index contributed by atoms with van der Waals surface area (Å²) in [6, 6.07) is 12.6. The first-order valence-corrected chi connectivity index (χ1v) is 9.21. The van der Waals surface area contributed by atoms with Gasteiger partial charge in [0.2, 0.25) is 0 Å². The van der Waals surface area contributed by atoms with Crippen molar-refractivity contribution in [3.8, 4) is 11.4 Å². The Morgan fingerprint density at radius 3 is 2.43 bits per heavy atom. The van der Waals surface area contributed by atoms with Crippen LogP contribution in [0.25, 0.3) is 21.6 Å². The lowest BCUT2D eigenvalue weighted by Gasteiger charge is -2.22. The van der Waals surface area contributed by atoms with Crippen molar-refractivity contribution < 1.29 is 0 Å². The summed E-state index contributed by atoms with van der Waals surface area (Å²) in [5, 5.41) is 1.22. The Kier molecular flexibility index (Phi) is 4.00. The molecule has 2 aromatic heterocycles. The number of fused-ring (bicyclic) bond motifs is 1. The highest BCUT2D eigenvalue weighted by Crippen LogP contribution is 2.33. The van der Waals surface area contributed by atoms with E-state index in [1.807, 2.05) is 18.2 Å². The summed E-state index contributed by atoms with van der Waals surface area (Å²) in [6.07, 6.45) is 5.18. The standard InChI is InChI=1S/C19H21N3S/c1-14-13-16-18(22-11-7-2-3-8-12-22)20-17(21-19(16)23-14)15-9-5-4-6-10-15/h4-6,9-10,13H,2-3,7-8,11-12H2,1H3. The summed E-state index contributed by atoms with van der Waals surface area (Å²) in [7, 11) is 0. The van der Waals surface area contributed by atoms with Gasteiger partial charge in [-0.25, -0.2) is 9.97 Å². The molecule has 0 radical (unpaired) electrons. The molecule has 23 heavy (non-hydrogen) atoms. The predicted octanol–water partition coefficient (Wildman–Crippen LogP) is 5.05. The Balaban J connectivity index is 1.86. The number of hydrogen-bond donors (Lipinski definition) is 0. The van der Waals surface area contributed by atoms with Crippen LogP contribution in [0.5, 0.6) is 0 Å². The van der Waals surface area contributed by atoms with Crippen molar-refractivity contribution in [2.24, 2.45) is 0 Å². The maximum absolute atomic E-state index is 4.97. The molecule has 0 bridgehead atoms. The first kappa shape index (κ1) is 14.6. The van der Waals surface area contributed by atoms with Gasteiger partial charge < -0.3 is 4.90 Å². The van der Waals surface area contributed by atoms with Crippen molar-refractivity contribution in [1.29, 1.82) is 0 Å². The highest BCUT2D eigenvalue weighted by Gasteiger charge is 2.18. The maximum Gasteiger partial charge on any atom is 0.163 e. The molecule has 0 N–H and O–H groups in total. The molecule has 0 unspecified atom stereocenters. The third kappa shape index (κ3) is 2.95. The van der Waals surface area contributed by atoms with Crippen LogP contribution in [0.1, 0.15) is 30.6 Å². The van der Waals surface area contributed by atoms with Crippen LogP contribution in [-0.4, -0.2) is 23.1 Å². The van der Waals surface area contributed by atoms with Gasteiger partial charge in [-0.3, -0.25) is 0 Å². The Labute approximate surface area is 141 Å². The Bertz CT molecular complexity index is 802. The lowest BCUT2D eigenvalue weighted by atomic mass is 10.2. The van der Waals surface area contributed by atoms with Crippen LogP contribution in [0.3, 0.4) is 0 Å². The lowest BCUT2D eigenvalue weighted by Crippen LogP contribution is -2.25. The van der Waals surface area contributed by atoms with Crippen molar-refractivity contribution in [3.63, 3.8) is 0 Å². The number of benzene rings is 1. The second kappa shape index (κ2) is 6.28. The number of nitrogens with zero attached hydrogens (tertiary/aromatic N) is 3. The molecule has 1 aliphatic rings. The van der Waals surface area contributed by atoms with E-state index in [1.165, 1.54) is 35.9 Å². The molecule has 3 nitrogen and oxygen atoms in total. The second-order valence-electron chi connectivity index (χ2n) is 6.21. The van der Waals surface area contributed by atoms with Gasteiger partial charge in [-0.15, -0.1) is 11.3 Å². The van der Waals surface area contributed by atoms with Crippen LogP contribution in [0.15, 0.2) is 36.4 Å². The molecule has 4 rings (SSSR count). The molecule has 4 heteroatoms. The summed E-state index contributed by atoms with van der Waals surface area (Å²) in [5.74, 6) is 1.97. The minimum Gasteiger partial charge on any atom is -0.356 e. The van der Waals surface area contributed by atoms with Crippen molar-refractivity contribution >= 4 is 27.4 Å². The van der Waals surface area contributed by atoms with Crippen LogP contribution < -0.4 is 4.90 Å². The third-order valence-corrected chi connectivity index (χ3v) is 5.38. The largest absolute Gasteiger partial charge is 0.356 e. The van der Waals surface area contributed by atoms with Crippen LogP contribution in [0.2, 0.25) is 0 Å². The molecular weight excluding hydrogens is 302 g/mol. The number of hydrogen-bond acceptors (Lipinski definition) is 4. The predicted molar refractivity (Wildman–Crippen MR) is 98.3 cm³/mol. The van der Waals surface area contributed by atoms with E-state index in [9.17, 15) is 0 Å². The molecule has 1 aromatic carbocycles. The van der Waals surface area contributed by atoms with Crippen LogP contribution in [-0.2, 0) is 0 Å². The second-order valence-corrected chi connectivity index (χ2v) is 7.45. The fraction of sp³-hybridized carbons (Fsp3) is 0.368. The molecule has 1 fully saturated rings. The minimum absolute atomic E-state index is 0.846. The monoisotopic (exact) mass is 323 g/mol. The van der Waals surface area contributed by atoms with Gasteiger partial charge in [0.15, 0.2) is 5.82 Å². The number of rotatable bonds is 2. The van der Waals surface area contributed by atoms with E-state index >= 15 is 0 Å².